The Labute approximate surface area is 117 Å². The van der Waals surface area contributed by atoms with Gasteiger partial charge in [-0.3, -0.25) is 0 Å². The smallest absolute Gasteiger partial charge is 0.335 e. The van der Waals surface area contributed by atoms with E-state index in [1.165, 1.54) is 18.2 Å². The zero-order chi connectivity index (χ0) is 14.4. The molecule has 1 rings (SSSR count). The van der Waals surface area contributed by atoms with Crippen LogP contribution in [0, 0.1) is 0 Å². The number of carbonyl (C=O) groups excluding carboxylic acids is 1. The van der Waals surface area contributed by atoms with Crippen LogP contribution in [0.1, 0.15) is 30.1 Å². The van der Waals surface area contributed by atoms with Crippen molar-refractivity contribution in [2.45, 2.75) is 19.8 Å². The molecule has 0 aliphatic heterocycles. The molecule has 0 unspecified atom stereocenters. The monoisotopic (exact) mass is 284 g/mol. The van der Waals surface area contributed by atoms with Gasteiger partial charge < -0.3 is 15.3 Å². The summed E-state index contributed by atoms with van der Waals surface area (Å²) < 4.78 is 0. The average molecular weight is 285 g/mol. The van der Waals surface area contributed by atoms with Crippen LogP contribution < -0.4 is 5.32 Å². The lowest BCUT2D eigenvalue weighted by Crippen LogP contribution is -2.32. The number of halogens is 1. The summed E-state index contributed by atoms with van der Waals surface area (Å²) in [4.78, 5) is 24.1. The third-order valence-corrected chi connectivity index (χ3v) is 2.96. The number of urea groups is 1. The number of hydrogen-bond donors (Lipinski definition) is 2. The van der Waals surface area contributed by atoms with E-state index in [4.69, 9.17) is 16.7 Å². The molecule has 0 radical (unpaired) electrons. The van der Waals surface area contributed by atoms with Crippen LogP contribution in [-0.4, -0.2) is 35.6 Å². The number of benzene rings is 1. The normalized spacial score (nSPS) is 10.1. The number of aromatic carboxylic acids is 1. The molecule has 0 aromatic heterocycles. The molecule has 104 valence electrons. The predicted molar refractivity (Wildman–Crippen MR) is 75.0 cm³/mol. The highest BCUT2D eigenvalue weighted by molar-refractivity contribution is 6.34. The molecule has 2 amide bonds. The second-order valence-electron chi connectivity index (χ2n) is 4.21. The molecule has 19 heavy (non-hydrogen) atoms. The van der Waals surface area contributed by atoms with Gasteiger partial charge in [-0.25, -0.2) is 9.59 Å². The summed E-state index contributed by atoms with van der Waals surface area (Å²) in [5.74, 6) is -1.06. The molecule has 5 nitrogen and oxygen atoms in total. The highest BCUT2D eigenvalue weighted by Gasteiger charge is 2.12. The van der Waals surface area contributed by atoms with Gasteiger partial charge in [-0.15, -0.1) is 0 Å². The van der Waals surface area contributed by atoms with Gasteiger partial charge in [-0.05, 0) is 24.6 Å². The third-order valence-electron chi connectivity index (χ3n) is 2.65. The van der Waals surface area contributed by atoms with Gasteiger partial charge in [0.05, 0.1) is 16.3 Å². The summed E-state index contributed by atoms with van der Waals surface area (Å²) in [5, 5.41) is 11.7. The van der Waals surface area contributed by atoms with Crippen LogP contribution in [-0.2, 0) is 0 Å². The fraction of sp³-hybridized carbons (Fsp3) is 0.385. The van der Waals surface area contributed by atoms with Gasteiger partial charge in [0, 0.05) is 13.6 Å². The molecule has 0 spiro atoms. The number of rotatable bonds is 5. The number of carbonyl (C=O) groups is 2. The van der Waals surface area contributed by atoms with Crippen molar-refractivity contribution >= 4 is 29.3 Å². The number of hydrogen-bond acceptors (Lipinski definition) is 2. The Morgan fingerprint density at radius 2 is 2.11 bits per heavy atom. The Morgan fingerprint density at radius 1 is 1.42 bits per heavy atom. The van der Waals surface area contributed by atoms with Crippen LogP contribution in [0.25, 0.3) is 0 Å². The first kappa shape index (κ1) is 15.3. The lowest BCUT2D eigenvalue weighted by Gasteiger charge is -2.18. The highest BCUT2D eigenvalue weighted by Crippen LogP contribution is 2.23. The molecule has 0 saturated carbocycles. The zero-order valence-electron chi connectivity index (χ0n) is 10.9. The Balaban J connectivity index is 2.72. The van der Waals surface area contributed by atoms with Crippen molar-refractivity contribution in [3.05, 3.63) is 28.8 Å². The van der Waals surface area contributed by atoms with E-state index in [1.807, 2.05) is 6.92 Å². The largest absolute Gasteiger partial charge is 0.478 e. The Morgan fingerprint density at radius 3 is 2.63 bits per heavy atom. The van der Waals surface area contributed by atoms with E-state index < -0.39 is 5.97 Å². The number of carboxylic acid groups (broad SMARTS) is 1. The lowest BCUT2D eigenvalue weighted by atomic mass is 10.2. The van der Waals surface area contributed by atoms with Crippen LogP contribution in [0.2, 0.25) is 5.02 Å². The maximum atomic E-state index is 11.8. The van der Waals surface area contributed by atoms with Crippen LogP contribution in [0.4, 0.5) is 10.5 Å². The molecular weight excluding hydrogens is 268 g/mol. The number of unbranched alkanes of at least 4 members (excludes halogenated alkanes) is 1. The van der Waals surface area contributed by atoms with Crippen molar-refractivity contribution in [2.75, 3.05) is 18.9 Å². The van der Waals surface area contributed by atoms with Crippen molar-refractivity contribution in [3.63, 3.8) is 0 Å². The Bertz CT molecular complexity index is 477. The average Bonchev–Trinajstić information content (AvgIpc) is 2.37. The molecule has 0 aliphatic carbocycles. The summed E-state index contributed by atoms with van der Waals surface area (Å²) in [6.07, 6.45) is 1.93. The summed E-state index contributed by atoms with van der Waals surface area (Å²) in [7, 11) is 1.70. The van der Waals surface area contributed by atoms with Gasteiger partial charge in [0.2, 0.25) is 0 Å². The molecule has 1 aromatic carbocycles. The minimum Gasteiger partial charge on any atom is -0.478 e. The van der Waals surface area contributed by atoms with Crippen LogP contribution in [0.5, 0.6) is 0 Å². The number of nitrogens with one attached hydrogen (secondary N) is 1. The first-order chi connectivity index (χ1) is 8.95. The van der Waals surface area contributed by atoms with E-state index in [1.54, 1.807) is 11.9 Å². The van der Waals surface area contributed by atoms with Gasteiger partial charge in [0.25, 0.3) is 0 Å². The zero-order valence-corrected chi connectivity index (χ0v) is 11.7. The van der Waals surface area contributed by atoms with Crippen LogP contribution in [0.15, 0.2) is 18.2 Å². The van der Waals surface area contributed by atoms with Crippen LogP contribution in [0.3, 0.4) is 0 Å². The quantitative estimate of drug-likeness (QED) is 0.871. The molecule has 2 N–H and O–H groups in total. The first-order valence-corrected chi connectivity index (χ1v) is 6.38. The van der Waals surface area contributed by atoms with E-state index in [-0.39, 0.29) is 16.6 Å². The van der Waals surface area contributed by atoms with E-state index in [9.17, 15) is 9.59 Å². The Kier molecular flexibility index (Phi) is 5.63. The van der Waals surface area contributed by atoms with Crippen molar-refractivity contribution in [3.8, 4) is 0 Å². The molecule has 0 aliphatic rings. The minimum atomic E-state index is -1.06. The molecular formula is C13H17ClN2O3. The summed E-state index contributed by atoms with van der Waals surface area (Å²) >= 11 is 5.93. The molecule has 0 bridgehead atoms. The van der Waals surface area contributed by atoms with Gasteiger partial charge >= 0.3 is 12.0 Å². The molecule has 0 atom stereocenters. The lowest BCUT2D eigenvalue weighted by molar-refractivity contribution is 0.0697. The molecule has 0 saturated heterocycles. The minimum absolute atomic E-state index is 0.0855. The first-order valence-electron chi connectivity index (χ1n) is 6.00. The van der Waals surface area contributed by atoms with E-state index in [0.717, 1.165) is 12.8 Å². The molecule has 6 heteroatoms. The number of anilines is 1. The van der Waals surface area contributed by atoms with E-state index >= 15 is 0 Å². The summed E-state index contributed by atoms with van der Waals surface area (Å²) in [6, 6.07) is 3.93. The van der Waals surface area contributed by atoms with Crippen LogP contribution >= 0.6 is 11.6 Å². The fourth-order valence-corrected chi connectivity index (χ4v) is 1.68. The molecule has 0 heterocycles. The van der Waals surface area contributed by atoms with Gasteiger partial charge in [-0.2, -0.15) is 0 Å². The van der Waals surface area contributed by atoms with E-state index in [0.29, 0.717) is 12.2 Å². The maximum absolute atomic E-state index is 11.8. The van der Waals surface area contributed by atoms with Crippen molar-refractivity contribution in [2.24, 2.45) is 0 Å². The standard InChI is InChI=1S/C13H17ClN2O3/c1-3-4-7-16(2)13(19)15-11-6-5-9(12(17)18)8-10(11)14/h5-6,8H,3-4,7H2,1-2H3,(H,15,19)(H,17,18). The molecule has 1 aromatic rings. The van der Waals surface area contributed by atoms with Crippen molar-refractivity contribution in [1.82, 2.24) is 4.90 Å². The SMILES string of the molecule is CCCCN(C)C(=O)Nc1ccc(C(=O)O)cc1Cl. The molecule has 0 fully saturated rings. The van der Waals surface area contributed by atoms with Crippen molar-refractivity contribution < 1.29 is 14.7 Å². The third kappa shape index (κ3) is 4.44. The summed E-state index contributed by atoms with van der Waals surface area (Å²) in [5.41, 5.74) is 0.488. The number of carboxylic acids is 1. The van der Waals surface area contributed by atoms with Gasteiger partial charge in [-0.1, -0.05) is 24.9 Å². The Hall–Kier alpha value is -1.75. The van der Waals surface area contributed by atoms with Gasteiger partial charge in [0.1, 0.15) is 0 Å². The van der Waals surface area contributed by atoms with Gasteiger partial charge in [0.15, 0.2) is 0 Å². The topological polar surface area (TPSA) is 69.6 Å². The number of amides is 2. The highest BCUT2D eigenvalue weighted by atomic mass is 35.5. The maximum Gasteiger partial charge on any atom is 0.335 e. The number of nitrogens with zero attached hydrogens (tertiary/aromatic N) is 1. The predicted octanol–water partition coefficient (Wildman–Crippen LogP) is 3.30. The van der Waals surface area contributed by atoms with E-state index in [2.05, 4.69) is 5.32 Å². The fourth-order valence-electron chi connectivity index (χ4n) is 1.46. The summed E-state index contributed by atoms with van der Waals surface area (Å²) in [6.45, 7) is 2.71. The second kappa shape index (κ2) is 6.99. The second-order valence-corrected chi connectivity index (χ2v) is 4.61. The van der Waals surface area contributed by atoms with Crippen molar-refractivity contribution in [1.29, 1.82) is 0 Å².